The fraction of sp³-hybridized carbons (Fsp3) is 0.185. The number of hydrogen-bond donors (Lipinski definition) is 6. The number of hydrogen-bond acceptors (Lipinski definition) is 6. The maximum Gasteiger partial charge on any atom is 0.323 e. The van der Waals surface area contributed by atoms with E-state index >= 15 is 0 Å². The van der Waals surface area contributed by atoms with Gasteiger partial charge in [-0.3, -0.25) is 9.98 Å². The number of carbonyl (C=O) groups is 2. The minimum atomic E-state index is -0.383. The van der Waals surface area contributed by atoms with E-state index in [0.717, 1.165) is 54.5 Å². The molecule has 37 heavy (non-hydrogen) atoms. The zero-order valence-electron chi connectivity index (χ0n) is 20.4. The topological polar surface area (TPSA) is 131 Å². The van der Waals surface area contributed by atoms with Crippen molar-refractivity contribution in [2.24, 2.45) is 9.98 Å². The summed E-state index contributed by atoms with van der Waals surface area (Å²) in [5, 5.41) is 17.7. The van der Waals surface area contributed by atoms with Gasteiger partial charge in [-0.2, -0.15) is 0 Å². The molecule has 4 amide bonds. The monoisotopic (exact) mass is 496 g/mol. The number of benzene rings is 3. The van der Waals surface area contributed by atoms with Gasteiger partial charge in [-0.25, -0.2) is 9.59 Å². The number of rotatable bonds is 6. The van der Waals surface area contributed by atoms with Crippen molar-refractivity contribution in [2.45, 2.75) is 6.92 Å². The van der Waals surface area contributed by atoms with E-state index in [-0.39, 0.29) is 12.1 Å². The summed E-state index contributed by atoms with van der Waals surface area (Å²) in [6.45, 7) is 5.12. The van der Waals surface area contributed by atoms with Crippen LogP contribution < -0.4 is 31.9 Å². The van der Waals surface area contributed by atoms with Gasteiger partial charge in [0.15, 0.2) is 0 Å². The number of anilines is 4. The van der Waals surface area contributed by atoms with E-state index in [1.165, 1.54) is 0 Å². The van der Waals surface area contributed by atoms with Crippen LogP contribution in [0.15, 0.2) is 76.7 Å². The first-order valence-corrected chi connectivity index (χ1v) is 12.1. The second-order valence-electron chi connectivity index (χ2n) is 8.71. The number of urea groups is 2. The van der Waals surface area contributed by atoms with E-state index in [0.29, 0.717) is 22.7 Å². The third-order valence-electron chi connectivity index (χ3n) is 5.77. The average Bonchev–Trinajstić information content (AvgIpc) is 3.59. The van der Waals surface area contributed by atoms with Gasteiger partial charge in [-0.05, 0) is 79.2 Å². The number of aryl methyl sites for hydroxylation is 1. The van der Waals surface area contributed by atoms with Gasteiger partial charge < -0.3 is 31.9 Å². The molecule has 0 saturated heterocycles. The Morgan fingerprint density at radius 1 is 0.622 bits per heavy atom. The molecule has 2 heterocycles. The van der Waals surface area contributed by atoms with Crippen LogP contribution in [0.4, 0.5) is 32.3 Å². The molecule has 0 bridgehead atoms. The minimum absolute atomic E-state index is 0.383. The highest BCUT2D eigenvalue weighted by atomic mass is 16.2. The number of aliphatic imine (C=N–C) groups is 2. The Hall–Kier alpha value is -4.86. The summed E-state index contributed by atoms with van der Waals surface area (Å²) in [5.74, 6) is 1.74. The number of nitrogens with zero attached hydrogens (tertiary/aromatic N) is 2. The Morgan fingerprint density at radius 2 is 1.03 bits per heavy atom. The van der Waals surface area contributed by atoms with Crippen molar-refractivity contribution in [2.75, 3.05) is 47.4 Å². The number of carbonyl (C=O) groups excluding carboxylic acids is 2. The zero-order chi connectivity index (χ0) is 25.6. The second kappa shape index (κ2) is 10.8. The molecule has 0 saturated carbocycles. The van der Waals surface area contributed by atoms with Gasteiger partial charge in [-0.15, -0.1) is 0 Å². The van der Waals surface area contributed by atoms with Crippen LogP contribution in [-0.4, -0.2) is 49.9 Å². The summed E-state index contributed by atoms with van der Waals surface area (Å²) >= 11 is 0. The quantitative estimate of drug-likeness (QED) is 0.308. The van der Waals surface area contributed by atoms with E-state index in [1.807, 2.05) is 67.6 Å². The smallest absolute Gasteiger partial charge is 0.323 e. The van der Waals surface area contributed by atoms with Crippen molar-refractivity contribution in [1.29, 1.82) is 0 Å². The number of amidine groups is 2. The van der Waals surface area contributed by atoms with Gasteiger partial charge in [0.05, 0.1) is 13.1 Å². The minimum Gasteiger partial charge on any atom is -0.368 e. The summed E-state index contributed by atoms with van der Waals surface area (Å²) in [6.07, 6.45) is 0. The molecule has 0 spiro atoms. The van der Waals surface area contributed by atoms with Gasteiger partial charge in [0.1, 0.15) is 11.7 Å². The molecule has 6 N–H and O–H groups in total. The standard InChI is InChI=1S/C27H28N8O2/c1-17-14-22(34-26(36)32-20-6-2-18(3-7-20)24-28-10-11-29-24)16-23(15-17)35-27(37)33-21-8-4-19(5-9-21)25-30-12-13-31-25/h2-9,14-16H,10-13H2,1H3,(H,28,29)(H,30,31)(H2,32,34,36)(H2,33,35,37). The van der Waals surface area contributed by atoms with Gasteiger partial charge in [0, 0.05) is 47.0 Å². The van der Waals surface area contributed by atoms with Crippen molar-refractivity contribution in [3.05, 3.63) is 83.4 Å². The van der Waals surface area contributed by atoms with Crippen molar-refractivity contribution in [1.82, 2.24) is 10.6 Å². The summed E-state index contributed by atoms with van der Waals surface area (Å²) in [4.78, 5) is 33.9. The Morgan fingerprint density at radius 3 is 1.41 bits per heavy atom. The Labute approximate surface area is 214 Å². The summed E-state index contributed by atoms with van der Waals surface area (Å²) < 4.78 is 0. The average molecular weight is 497 g/mol. The van der Waals surface area contributed by atoms with E-state index in [1.54, 1.807) is 6.07 Å². The molecule has 10 heteroatoms. The molecule has 3 aromatic rings. The van der Waals surface area contributed by atoms with Crippen molar-refractivity contribution < 1.29 is 9.59 Å². The van der Waals surface area contributed by atoms with Crippen molar-refractivity contribution in [3.8, 4) is 0 Å². The highest BCUT2D eigenvalue weighted by Gasteiger charge is 2.11. The largest absolute Gasteiger partial charge is 0.368 e. The lowest BCUT2D eigenvalue weighted by Crippen LogP contribution is -2.22. The lowest BCUT2D eigenvalue weighted by Gasteiger charge is -2.12. The van der Waals surface area contributed by atoms with Crippen LogP contribution in [0.5, 0.6) is 0 Å². The van der Waals surface area contributed by atoms with Gasteiger partial charge in [0.2, 0.25) is 0 Å². The maximum absolute atomic E-state index is 12.6. The molecule has 0 fully saturated rings. The Bertz CT molecular complexity index is 1260. The molecule has 5 rings (SSSR count). The van der Waals surface area contributed by atoms with Crippen LogP contribution in [0.3, 0.4) is 0 Å². The van der Waals surface area contributed by atoms with Gasteiger partial charge in [0.25, 0.3) is 0 Å². The SMILES string of the molecule is Cc1cc(NC(=O)Nc2ccc(C3=NCCN3)cc2)cc(NC(=O)Nc2ccc(C3=NCCN3)cc2)c1. The molecular weight excluding hydrogens is 468 g/mol. The molecule has 0 radical (unpaired) electrons. The molecule has 0 aromatic heterocycles. The fourth-order valence-electron chi connectivity index (χ4n) is 4.12. The summed E-state index contributed by atoms with van der Waals surface area (Å²) in [6, 6.07) is 19.5. The van der Waals surface area contributed by atoms with Crippen LogP contribution in [0, 0.1) is 6.92 Å². The van der Waals surface area contributed by atoms with E-state index in [4.69, 9.17) is 0 Å². The van der Waals surface area contributed by atoms with Gasteiger partial charge >= 0.3 is 12.1 Å². The van der Waals surface area contributed by atoms with Crippen LogP contribution in [0.2, 0.25) is 0 Å². The molecule has 2 aliphatic heterocycles. The lowest BCUT2D eigenvalue weighted by atomic mass is 10.2. The molecular formula is C27H28N8O2. The van der Waals surface area contributed by atoms with E-state index < -0.39 is 0 Å². The maximum atomic E-state index is 12.6. The van der Waals surface area contributed by atoms with Gasteiger partial charge in [-0.1, -0.05) is 0 Å². The van der Waals surface area contributed by atoms with Crippen LogP contribution in [-0.2, 0) is 0 Å². The number of amides is 4. The van der Waals surface area contributed by atoms with Crippen LogP contribution in [0.1, 0.15) is 16.7 Å². The predicted octanol–water partition coefficient (Wildman–Crippen LogP) is 3.98. The molecule has 0 aliphatic carbocycles. The highest BCUT2D eigenvalue weighted by Crippen LogP contribution is 2.20. The Kier molecular flexibility index (Phi) is 6.98. The predicted molar refractivity (Wildman–Crippen MR) is 148 cm³/mol. The van der Waals surface area contributed by atoms with E-state index in [2.05, 4.69) is 41.9 Å². The first-order valence-electron chi connectivity index (χ1n) is 12.1. The third kappa shape index (κ3) is 6.23. The molecule has 10 nitrogen and oxygen atoms in total. The van der Waals surface area contributed by atoms with Crippen molar-refractivity contribution in [3.63, 3.8) is 0 Å². The first-order chi connectivity index (χ1) is 18.0. The van der Waals surface area contributed by atoms with E-state index in [9.17, 15) is 9.59 Å². The van der Waals surface area contributed by atoms with Crippen LogP contribution >= 0.6 is 0 Å². The molecule has 0 unspecified atom stereocenters. The third-order valence-corrected chi connectivity index (χ3v) is 5.77. The molecule has 0 atom stereocenters. The lowest BCUT2D eigenvalue weighted by molar-refractivity contribution is 0.261. The molecule has 2 aliphatic rings. The zero-order valence-corrected chi connectivity index (χ0v) is 20.4. The summed E-state index contributed by atoms with van der Waals surface area (Å²) in [7, 11) is 0. The number of nitrogens with one attached hydrogen (secondary N) is 6. The summed E-state index contributed by atoms with van der Waals surface area (Å²) in [5.41, 5.74) is 5.28. The highest BCUT2D eigenvalue weighted by molar-refractivity contribution is 6.04. The first kappa shape index (κ1) is 23.9. The molecule has 188 valence electrons. The molecule has 3 aromatic carbocycles. The normalized spacial score (nSPS) is 14.1. The fourth-order valence-corrected chi connectivity index (χ4v) is 4.12. The van der Waals surface area contributed by atoms with Crippen molar-refractivity contribution >= 4 is 46.5 Å². The Balaban J connectivity index is 1.16. The van der Waals surface area contributed by atoms with Crippen LogP contribution in [0.25, 0.3) is 0 Å². The second-order valence-corrected chi connectivity index (χ2v) is 8.71.